The molecule has 0 N–H and O–H groups in total. The molecule has 1 fully saturated rings. The highest BCUT2D eigenvalue weighted by atomic mass is 31.2. The van der Waals surface area contributed by atoms with Gasteiger partial charge in [0.25, 0.3) is 0 Å². The highest BCUT2D eigenvalue weighted by Crippen LogP contribution is 2.55. The van der Waals surface area contributed by atoms with Gasteiger partial charge in [-0.15, -0.1) is 0 Å². The SMILES string of the molecule is CC(C)(C)OC(=O)CN(C[C@H]1CC[C@H]1C(=O)OCc1ccccc1)C(=O)OCOP(=O)(OC(C)(C)C)OC(C)(C)C. The van der Waals surface area contributed by atoms with Crippen LogP contribution in [0.1, 0.15) is 80.7 Å². The van der Waals surface area contributed by atoms with E-state index in [-0.39, 0.29) is 25.0 Å². The number of carbonyl (C=O) groups excluding carboxylic acids is 3. The summed E-state index contributed by atoms with van der Waals surface area (Å²) >= 11 is 0. The molecule has 2 atom stereocenters. The Bertz CT molecular complexity index is 1050. The van der Waals surface area contributed by atoms with Gasteiger partial charge in [0.1, 0.15) is 18.8 Å². The van der Waals surface area contributed by atoms with Crippen LogP contribution < -0.4 is 0 Å². The Morgan fingerprint density at radius 2 is 1.44 bits per heavy atom. The molecule has 2 rings (SSSR count). The van der Waals surface area contributed by atoms with Crippen molar-refractivity contribution in [2.75, 3.05) is 19.9 Å². The number of benzene rings is 1. The van der Waals surface area contributed by atoms with Crippen LogP contribution in [0.4, 0.5) is 4.79 Å². The maximum atomic E-state index is 13.2. The number of rotatable bonds is 12. The van der Waals surface area contributed by atoms with Crippen LogP contribution in [0.2, 0.25) is 0 Å². The average molecular weight is 600 g/mol. The molecule has 41 heavy (non-hydrogen) atoms. The largest absolute Gasteiger partial charge is 0.478 e. The van der Waals surface area contributed by atoms with E-state index in [2.05, 4.69) is 0 Å². The summed E-state index contributed by atoms with van der Waals surface area (Å²) in [5.74, 6) is -1.67. The molecule has 11 nitrogen and oxygen atoms in total. The number of hydrogen-bond donors (Lipinski definition) is 0. The molecule has 1 aromatic rings. The van der Waals surface area contributed by atoms with Crippen molar-refractivity contribution in [3.8, 4) is 0 Å². The van der Waals surface area contributed by atoms with Crippen LogP contribution in [0, 0.1) is 11.8 Å². The number of amides is 1. The minimum absolute atomic E-state index is 0.0534. The van der Waals surface area contributed by atoms with Crippen molar-refractivity contribution in [2.45, 2.75) is 98.6 Å². The second-order valence-electron chi connectivity index (χ2n) is 13.0. The van der Waals surface area contributed by atoms with Crippen LogP contribution in [-0.4, -0.2) is 59.6 Å². The van der Waals surface area contributed by atoms with Gasteiger partial charge in [-0.1, -0.05) is 30.3 Å². The summed E-state index contributed by atoms with van der Waals surface area (Å²) in [6, 6.07) is 9.34. The van der Waals surface area contributed by atoms with Crippen molar-refractivity contribution in [1.29, 1.82) is 0 Å². The molecule has 12 heteroatoms. The zero-order chi connectivity index (χ0) is 31.1. The van der Waals surface area contributed by atoms with Gasteiger partial charge < -0.3 is 14.2 Å². The third-order valence-corrected chi connectivity index (χ3v) is 7.53. The number of phosphoric ester groups is 1. The second kappa shape index (κ2) is 14.1. The van der Waals surface area contributed by atoms with E-state index in [0.717, 1.165) is 10.5 Å². The number of nitrogens with zero attached hydrogens (tertiary/aromatic N) is 1. The van der Waals surface area contributed by atoms with E-state index in [9.17, 15) is 18.9 Å². The Hall–Kier alpha value is -2.46. The van der Waals surface area contributed by atoms with Gasteiger partial charge in [0.15, 0.2) is 0 Å². The number of hydrogen-bond acceptors (Lipinski definition) is 10. The Morgan fingerprint density at radius 1 is 0.854 bits per heavy atom. The Labute approximate surface area is 243 Å². The lowest BCUT2D eigenvalue weighted by atomic mass is 9.73. The molecule has 0 unspecified atom stereocenters. The molecule has 1 amide bonds. The molecule has 232 valence electrons. The third-order valence-electron chi connectivity index (χ3n) is 5.56. The third kappa shape index (κ3) is 13.4. The Morgan fingerprint density at radius 3 is 1.93 bits per heavy atom. The molecule has 0 heterocycles. The molecule has 0 spiro atoms. The molecule has 1 aliphatic carbocycles. The van der Waals surface area contributed by atoms with Crippen LogP contribution in [-0.2, 0) is 48.5 Å². The van der Waals surface area contributed by atoms with Crippen LogP contribution >= 0.6 is 7.82 Å². The smallest absolute Gasteiger partial charge is 0.461 e. The molecular weight excluding hydrogens is 553 g/mol. The molecule has 0 bridgehead atoms. The zero-order valence-corrected chi connectivity index (χ0v) is 26.7. The first kappa shape index (κ1) is 34.7. The summed E-state index contributed by atoms with van der Waals surface area (Å²) in [7, 11) is -4.13. The number of phosphoric acid groups is 1. The minimum atomic E-state index is -4.13. The topological polar surface area (TPSA) is 127 Å². The van der Waals surface area contributed by atoms with Gasteiger partial charge in [0.2, 0.25) is 6.79 Å². The van der Waals surface area contributed by atoms with E-state index in [1.807, 2.05) is 30.3 Å². The highest BCUT2D eigenvalue weighted by Gasteiger charge is 2.41. The summed E-state index contributed by atoms with van der Waals surface area (Å²) in [6.07, 6.45) is 0.360. The molecule has 0 aliphatic heterocycles. The maximum Gasteiger partial charge on any atom is 0.478 e. The van der Waals surface area contributed by atoms with Crippen molar-refractivity contribution in [3.05, 3.63) is 35.9 Å². The molecule has 1 aromatic carbocycles. The summed E-state index contributed by atoms with van der Waals surface area (Å²) in [4.78, 5) is 39.6. The van der Waals surface area contributed by atoms with Crippen molar-refractivity contribution in [3.63, 3.8) is 0 Å². The summed E-state index contributed by atoms with van der Waals surface area (Å²) in [6.45, 7) is 14.3. The van der Waals surface area contributed by atoms with Crippen molar-refractivity contribution in [2.24, 2.45) is 11.8 Å². The average Bonchev–Trinajstić information content (AvgIpc) is 2.76. The summed E-state index contributed by atoms with van der Waals surface area (Å²) in [5, 5.41) is 0. The van der Waals surface area contributed by atoms with Gasteiger partial charge >= 0.3 is 25.9 Å². The lowest BCUT2D eigenvalue weighted by Crippen LogP contribution is -2.47. The Balaban J connectivity index is 2.06. The van der Waals surface area contributed by atoms with E-state index in [1.165, 1.54) is 0 Å². The van der Waals surface area contributed by atoms with E-state index in [1.54, 1.807) is 62.3 Å². The zero-order valence-electron chi connectivity index (χ0n) is 25.8. The minimum Gasteiger partial charge on any atom is -0.461 e. The van der Waals surface area contributed by atoms with Gasteiger partial charge in [-0.25, -0.2) is 13.9 Å². The maximum absolute atomic E-state index is 13.2. The number of carbonyl (C=O) groups is 3. The predicted molar refractivity (Wildman–Crippen MR) is 152 cm³/mol. The number of ether oxygens (including phenoxy) is 3. The summed E-state index contributed by atoms with van der Waals surface area (Å²) in [5.41, 5.74) is -1.64. The van der Waals surface area contributed by atoms with Gasteiger partial charge in [-0.2, -0.15) is 0 Å². The van der Waals surface area contributed by atoms with E-state index in [4.69, 9.17) is 27.8 Å². The van der Waals surface area contributed by atoms with Crippen LogP contribution in [0.15, 0.2) is 30.3 Å². The van der Waals surface area contributed by atoms with Gasteiger partial charge in [-0.05, 0) is 86.6 Å². The quantitative estimate of drug-likeness (QED) is 0.118. The van der Waals surface area contributed by atoms with Gasteiger partial charge in [0, 0.05) is 6.54 Å². The molecule has 0 radical (unpaired) electrons. The summed E-state index contributed by atoms with van der Waals surface area (Å²) < 4.78 is 45.7. The van der Waals surface area contributed by atoms with E-state index >= 15 is 0 Å². The fourth-order valence-corrected chi connectivity index (χ4v) is 5.59. The first-order valence-corrected chi connectivity index (χ1v) is 15.2. The fraction of sp³-hybridized carbons (Fsp3) is 0.690. The standard InChI is InChI=1S/C29H46NO10P/c1-27(2,3)38-24(31)18-30(17-22-15-16-23(22)25(32)35-19-21-13-11-10-12-14-21)26(33)36-20-37-41(34,39-28(4,5)6)40-29(7,8)9/h10-14,22-23H,15-20H2,1-9H3/t22-,23-/m1/s1. The van der Waals surface area contributed by atoms with Crippen molar-refractivity contribution < 1.29 is 46.7 Å². The lowest BCUT2D eigenvalue weighted by molar-refractivity contribution is -0.158. The van der Waals surface area contributed by atoms with Crippen LogP contribution in [0.5, 0.6) is 0 Å². The fourth-order valence-electron chi connectivity index (χ4n) is 3.92. The molecule has 0 aromatic heterocycles. The molecule has 1 saturated carbocycles. The Kier molecular flexibility index (Phi) is 12.0. The van der Waals surface area contributed by atoms with Crippen LogP contribution in [0.3, 0.4) is 0 Å². The highest BCUT2D eigenvalue weighted by molar-refractivity contribution is 7.48. The van der Waals surface area contributed by atoms with Crippen LogP contribution in [0.25, 0.3) is 0 Å². The van der Waals surface area contributed by atoms with E-state index in [0.29, 0.717) is 12.8 Å². The monoisotopic (exact) mass is 599 g/mol. The lowest BCUT2D eigenvalue weighted by Gasteiger charge is -2.37. The van der Waals surface area contributed by atoms with Crippen molar-refractivity contribution in [1.82, 2.24) is 4.90 Å². The van der Waals surface area contributed by atoms with Gasteiger partial charge in [0.05, 0.1) is 17.1 Å². The molecular formula is C29H46NO10P. The normalized spacial score (nSPS) is 17.8. The first-order valence-electron chi connectivity index (χ1n) is 13.8. The first-order chi connectivity index (χ1) is 18.8. The molecule has 1 aliphatic rings. The number of esters is 2. The van der Waals surface area contributed by atoms with Crippen molar-refractivity contribution >= 4 is 25.9 Å². The van der Waals surface area contributed by atoms with Gasteiger partial charge in [-0.3, -0.25) is 23.5 Å². The van der Waals surface area contributed by atoms with E-state index < -0.39 is 55.9 Å². The molecule has 0 saturated heterocycles. The predicted octanol–water partition coefficient (Wildman–Crippen LogP) is 6.25. The second-order valence-corrected chi connectivity index (χ2v) is 14.5.